The van der Waals surface area contributed by atoms with E-state index in [1.54, 1.807) is 0 Å². The minimum Gasteiger partial charge on any atom is -0.322 e. The highest BCUT2D eigenvalue weighted by Gasteiger charge is 2.13. The van der Waals surface area contributed by atoms with Crippen LogP contribution < -0.4 is 5.32 Å². The maximum Gasteiger partial charge on any atom is 0.256 e. The average molecular weight is 391 g/mol. The van der Waals surface area contributed by atoms with Crippen molar-refractivity contribution < 1.29 is 13.6 Å². The highest BCUT2D eigenvalue weighted by atomic mass is 79.9. The van der Waals surface area contributed by atoms with Gasteiger partial charge in [-0.2, -0.15) is 0 Å². The summed E-state index contributed by atoms with van der Waals surface area (Å²) >= 11 is 6.04. The molecule has 1 N–H and O–H groups in total. The zero-order valence-corrected chi connectivity index (χ0v) is 12.6. The average Bonchev–Trinajstić information content (AvgIpc) is 2.37. The number of anilines is 1. The molecule has 0 atom stereocenters. The van der Waals surface area contributed by atoms with Gasteiger partial charge >= 0.3 is 0 Å². The van der Waals surface area contributed by atoms with Gasteiger partial charge in [0.25, 0.3) is 5.91 Å². The summed E-state index contributed by atoms with van der Waals surface area (Å²) in [5.41, 5.74) is 0.579. The van der Waals surface area contributed by atoms with Gasteiger partial charge in [-0.15, -0.1) is 0 Å². The van der Waals surface area contributed by atoms with E-state index in [1.807, 2.05) is 0 Å². The lowest BCUT2D eigenvalue weighted by molar-refractivity contribution is 0.102. The third-order valence-corrected chi connectivity index (χ3v) is 3.79. The summed E-state index contributed by atoms with van der Waals surface area (Å²) in [5.74, 6) is -1.43. The van der Waals surface area contributed by atoms with Gasteiger partial charge in [0.15, 0.2) is 0 Å². The van der Waals surface area contributed by atoms with Crippen LogP contribution in [0.15, 0.2) is 45.3 Å². The van der Waals surface area contributed by atoms with Crippen molar-refractivity contribution in [3.05, 3.63) is 62.5 Å². The number of carbonyl (C=O) groups excluding carboxylic acids is 1. The van der Waals surface area contributed by atoms with Crippen LogP contribution >= 0.6 is 31.9 Å². The van der Waals surface area contributed by atoms with Crippen LogP contribution in [0.25, 0.3) is 0 Å². The summed E-state index contributed by atoms with van der Waals surface area (Å²) in [6.07, 6.45) is 0. The van der Waals surface area contributed by atoms with Crippen LogP contribution in [0.1, 0.15) is 10.4 Å². The summed E-state index contributed by atoms with van der Waals surface area (Å²) in [7, 11) is 0. The Morgan fingerprint density at radius 3 is 2.47 bits per heavy atom. The molecule has 0 saturated heterocycles. The van der Waals surface area contributed by atoms with Crippen molar-refractivity contribution >= 4 is 43.5 Å². The Kier molecular flexibility index (Phi) is 4.31. The predicted molar refractivity (Wildman–Crippen MR) is 76.2 cm³/mol. The zero-order valence-electron chi connectivity index (χ0n) is 9.38. The van der Waals surface area contributed by atoms with Gasteiger partial charge in [0.1, 0.15) is 11.6 Å². The first-order chi connectivity index (χ1) is 8.99. The lowest BCUT2D eigenvalue weighted by atomic mass is 10.2. The molecule has 0 aliphatic heterocycles. The largest absolute Gasteiger partial charge is 0.322 e. The fraction of sp³-hybridized carbons (Fsp3) is 0. The molecule has 2 nitrogen and oxygen atoms in total. The van der Waals surface area contributed by atoms with Crippen molar-refractivity contribution in [2.75, 3.05) is 5.32 Å². The summed E-state index contributed by atoms with van der Waals surface area (Å²) in [4.78, 5) is 12.0. The molecule has 0 unspecified atom stereocenters. The monoisotopic (exact) mass is 389 g/mol. The van der Waals surface area contributed by atoms with Crippen molar-refractivity contribution in [1.82, 2.24) is 0 Å². The van der Waals surface area contributed by atoms with E-state index < -0.39 is 17.5 Å². The molecular weight excluding hydrogens is 384 g/mol. The topological polar surface area (TPSA) is 29.1 Å². The molecule has 2 aromatic carbocycles. The molecule has 0 aliphatic carbocycles. The lowest BCUT2D eigenvalue weighted by Crippen LogP contribution is -2.13. The van der Waals surface area contributed by atoms with Crippen molar-refractivity contribution in [2.45, 2.75) is 0 Å². The Morgan fingerprint density at radius 2 is 1.79 bits per heavy atom. The summed E-state index contributed by atoms with van der Waals surface area (Å²) in [6, 6.07) is 8.25. The van der Waals surface area contributed by atoms with Gasteiger partial charge in [0, 0.05) is 5.69 Å². The molecule has 2 rings (SSSR count). The van der Waals surface area contributed by atoms with Gasteiger partial charge in [-0.3, -0.25) is 4.79 Å². The number of benzene rings is 2. The standard InChI is InChI=1S/C13H7Br2F2NO/c14-9-6-7(4-5-10(9)16)18-13(19)8-2-1-3-11(17)12(8)15/h1-6H,(H,18,19). The van der Waals surface area contributed by atoms with Gasteiger partial charge in [-0.25, -0.2) is 8.78 Å². The quantitative estimate of drug-likeness (QED) is 0.788. The number of amides is 1. The first-order valence-corrected chi connectivity index (χ1v) is 6.78. The Balaban J connectivity index is 2.26. The molecular formula is C13H7Br2F2NO. The number of halogens is 4. The Bertz CT molecular complexity index is 647. The number of carbonyl (C=O) groups is 1. The lowest BCUT2D eigenvalue weighted by Gasteiger charge is -2.08. The number of hydrogen-bond acceptors (Lipinski definition) is 1. The summed E-state index contributed by atoms with van der Waals surface area (Å²) in [6.45, 7) is 0. The maximum atomic E-state index is 13.3. The molecule has 0 radical (unpaired) electrons. The Labute approximate surface area is 125 Å². The van der Waals surface area contributed by atoms with E-state index in [1.165, 1.54) is 36.4 Å². The molecule has 0 spiro atoms. The van der Waals surface area contributed by atoms with Gasteiger partial charge in [-0.1, -0.05) is 6.07 Å². The van der Waals surface area contributed by atoms with Crippen LogP contribution in [0.5, 0.6) is 0 Å². The second kappa shape index (κ2) is 5.79. The van der Waals surface area contributed by atoms with Gasteiger partial charge < -0.3 is 5.32 Å². The fourth-order valence-electron chi connectivity index (χ4n) is 1.45. The highest BCUT2D eigenvalue weighted by Crippen LogP contribution is 2.23. The normalized spacial score (nSPS) is 10.3. The molecule has 0 aromatic heterocycles. The number of hydrogen-bond donors (Lipinski definition) is 1. The summed E-state index contributed by atoms with van der Waals surface area (Å²) < 4.78 is 26.7. The predicted octanol–water partition coefficient (Wildman–Crippen LogP) is 4.74. The van der Waals surface area contributed by atoms with E-state index in [0.717, 1.165) is 0 Å². The maximum absolute atomic E-state index is 13.3. The Morgan fingerprint density at radius 1 is 1.05 bits per heavy atom. The molecule has 2 aromatic rings. The second-order valence-corrected chi connectivity index (χ2v) is 5.33. The van der Waals surface area contributed by atoms with E-state index in [9.17, 15) is 13.6 Å². The van der Waals surface area contributed by atoms with Crippen LogP contribution in [0.3, 0.4) is 0 Å². The number of rotatable bonds is 2. The van der Waals surface area contributed by atoms with Gasteiger partial charge in [0.05, 0.1) is 14.5 Å². The molecule has 6 heteroatoms. The van der Waals surface area contributed by atoms with Crippen molar-refractivity contribution in [1.29, 1.82) is 0 Å². The van der Waals surface area contributed by atoms with Crippen LogP contribution in [0.4, 0.5) is 14.5 Å². The SMILES string of the molecule is O=C(Nc1ccc(F)c(Br)c1)c1cccc(F)c1Br. The Hall–Kier alpha value is -1.27. The summed E-state index contributed by atoms with van der Waals surface area (Å²) in [5, 5.41) is 2.56. The van der Waals surface area contributed by atoms with Crippen LogP contribution in [-0.2, 0) is 0 Å². The van der Waals surface area contributed by atoms with Crippen molar-refractivity contribution in [2.24, 2.45) is 0 Å². The third-order valence-electron chi connectivity index (χ3n) is 2.37. The molecule has 19 heavy (non-hydrogen) atoms. The van der Waals surface area contributed by atoms with E-state index in [0.29, 0.717) is 5.69 Å². The van der Waals surface area contributed by atoms with Gasteiger partial charge in [0.2, 0.25) is 0 Å². The fourth-order valence-corrected chi connectivity index (χ4v) is 2.27. The smallest absolute Gasteiger partial charge is 0.256 e. The van der Waals surface area contributed by atoms with E-state index in [4.69, 9.17) is 0 Å². The molecule has 0 aliphatic rings. The van der Waals surface area contributed by atoms with Crippen molar-refractivity contribution in [3.63, 3.8) is 0 Å². The molecule has 0 heterocycles. The van der Waals surface area contributed by atoms with Crippen LogP contribution in [-0.4, -0.2) is 5.91 Å². The van der Waals surface area contributed by atoms with E-state index in [2.05, 4.69) is 37.2 Å². The van der Waals surface area contributed by atoms with Crippen LogP contribution in [0, 0.1) is 11.6 Å². The van der Waals surface area contributed by atoms with Gasteiger partial charge in [-0.05, 0) is 62.2 Å². The molecule has 1 amide bonds. The molecule has 0 saturated carbocycles. The first-order valence-electron chi connectivity index (χ1n) is 5.19. The first kappa shape index (κ1) is 14.1. The minimum atomic E-state index is -0.520. The van der Waals surface area contributed by atoms with Crippen LogP contribution in [0.2, 0.25) is 0 Å². The second-order valence-electron chi connectivity index (χ2n) is 3.68. The minimum absolute atomic E-state index is 0.0914. The molecule has 98 valence electrons. The molecule has 0 fully saturated rings. The number of nitrogens with one attached hydrogen (secondary N) is 1. The van der Waals surface area contributed by atoms with E-state index in [-0.39, 0.29) is 14.5 Å². The third kappa shape index (κ3) is 3.19. The zero-order chi connectivity index (χ0) is 14.0. The van der Waals surface area contributed by atoms with Crippen molar-refractivity contribution in [3.8, 4) is 0 Å². The molecule has 0 bridgehead atoms. The van der Waals surface area contributed by atoms with E-state index >= 15 is 0 Å². The highest BCUT2D eigenvalue weighted by molar-refractivity contribution is 9.10.